The Morgan fingerprint density at radius 3 is 2.62 bits per heavy atom. The van der Waals surface area contributed by atoms with Gasteiger partial charge in [-0.15, -0.1) is 0 Å². The van der Waals surface area contributed by atoms with Crippen LogP contribution in [0.3, 0.4) is 0 Å². The van der Waals surface area contributed by atoms with E-state index in [-0.39, 0.29) is 5.46 Å². The third-order valence-corrected chi connectivity index (χ3v) is 2.96. The predicted octanol–water partition coefficient (Wildman–Crippen LogP) is 0.684. The van der Waals surface area contributed by atoms with E-state index in [9.17, 15) is 4.39 Å². The van der Waals surface area contributed by atoms with Gasteiger partial charge < -0.3 is 14.8 Å². The van der Waals surface area contributed by atoms with Gasteiger partial charge in [-0.25, -0.2) is 4.39 Å². The van der Waals surface area contributed by atoms with Gasteiger partial charge in [-0.2, -0.15) is 0 Å². The maximum atomic E-state index is 13.3. The number of benzene rings is 1. The van der Waals surface area contributed by atoms with Crippen molar-refractivity contribution in [1.82, 2.24) is 0 Å². The molecule has 16 heavy (non-hydrogen) atoms. The summed E-state index contributed by atoms with van der Waals surface area (Å²) < 4.78 is 18.7. The summed E-state index contributed by atoms with van der Waals surface area (Å²) in [6.45, 7) is 0.612. The Morgan fingerprint density at radius 1 is 1.38 bits per heavy atom. The number of halogens is 1. The van der Waals surface area contributed by atoms with Gasteiger partial charge in [0.1, 0.15) is 11.6 Å². The molecule has 0 atom stereocenters. The van der Waals surface area contributed by atoms with E-state index in [2.05, 4.69) is 0 Å². The summed E-state index contributed by atoms with van der Waals surface area (Å²) in [5, 5.41) is 17.7. The molecular weight excluding hydrogens is 210 g/mol. The van der Waals surface area contributed by atoms with E-state index in [1.807, 2.05) is 0 Å². The minimum absolute atomic E-state index is 0.129. The number of ether oxygens (including phenoxy) is 1. The molecule has 86 valence electrons. The molecule has 2 rings (SSSR count). The molecule has 0 unspecified atom stereocenters. The van der Waals surface area contributed by atoms with Crippen LogP contribution in [0.15, 0.2) is 18.2 Å². The largest absolute Gasteiger partial charge is 0.493 e. The van der Waals surface area contributed by atoms with Gasteiger partial charge in [-0.1, -0.05) is 12.5 Å². The van der Waals surface area contributed by atoms with Gasteiger partial charge in [0, 0.05) is 11.5 Å². The maximum Gasteiger partial charge on any atom is 0.491 e. The smallest absolute Gasteiger partial charge is 0.491 e. The van der Waals surface area contributed by atoms with Crippen molar-refractivity contribution in [2.24, 2.45) is 5.92 Å². The molecule has 1 aromatic rings. The van der Waals surface area contributed by atoms with Crippen molar-refractivity contribution in [2.45, 2.75) is 19.3 Å². The Kier molecular flexibility index (Phi) is 3.46. The average molecular weight is 224 g/mol. The van der Waals surface area contributed by atoms with Gasteiger partial charge in [0.2, 0.25) is 0 Å². The van der Waals surface area contributed by atoms with Crippen LogP contribution < -0.4 is 10.2 Å². The van der Waals surface area contributed by atoms with Crippen molar-refractivity contribution in [3.8, 4) is 5.75 Å². The molecule has 0 bridgehead atoms. The first-order valence-corrected chi connectivity index (χ1v) is 5.45. The molecule has 1 aliphatic carbocycles. The molecule has 2 N–H and O–H groups in total. The molecule has 1 aliphatic rings. The zero-order valence-electron chi connectivity index (χ0n) is 8.90. The van der Waals surface area contributed by atoms with Crippen LogP contribution in [0.4, 0.5) is 4.39 Å². The second-order valence-electron chi connectivity index (χ2n) is 4.16. The van der Waals surface area contributed by atoms with E-state index in [1.165, 1.54) is 31.4 Å². The fourth-order valence-electron chi connectivity index (χ4n) is 1.68. The maximum absolute atomic E-state index is 13.3. The highest BCUT2D eigenvalue weighted by Crippen LogP contribution is 2.27. The zero-order chi connectivity index (χ0) is 11.5. The lowest BCUT2D eigenvalue weighted by atomic mass is 9.80. The highest BCUT2D eigenvalue weighted by atomic mass is 19.1. The van der Waals surface area contributed by atoms with Gasteiger partial charge in [-0.05, 0) is 24.8 Å². The van der Waals surface area contributed by atoms with Gasteiger partial charge in [0.25, 0.3) is 0 Å². The van der Waals surface area contributed by atoms with E-state index in [1.54, 1.807) is 6.07 Å². The first-order chi connectivity index (χ1) is 7.66. The molecule has 1 fully saturated rings. The van der Waals surface area contributed by atoms with Gasteiger partial charge in [-0.3, -0.25) is 0 Å². The van der Waals surface area contributed by atoms with Gasteiger partial charge in [0.05, 0.1) is 6.61 Å². The standard InChI is InChI=1S/C11H14BFO3/c13-11-6-9(4-5-10(11)12(14)15)16-7-8-2-1-3-8/h4-6,8,14-15H,1-3,7H2. The molecule has 1 saturated carbocycles. The Balaban J connectivity index is 1.97. The molecule has 3 nitrogen and oxygen atoms in total. The van der Waals surface area contributed by atoms with Crippen molar-refractivity contribution >= 4 is 12.6 Å². The first-order valence-electron chi connectivity index (χ1n) is 5.45. The molecule has 0 aliphatic heterocycles. The Bertz CT molecular complexity index is 366. The average Bonchev–Trinajstić information content (AvgIpc) is 2.14. The molecular formula is C11H14BFO3. The minimum Gasteiger partial charge on any atom is -0.493 e. The quantitative estimate of drug-likeness (QED) is 0.739. The molecule has 0 aromatic heterocycles. The van der Waals surface area contributed by atoms with Crippen molar-refractivity contribution in [2.75, 3.05) is 6.61 Å². The third kappa shape index (κ3) is 2.54. The second-order valence-corrected chi connectivity index (χ2v) is 4.16. The number of hydrogen-bond acceptors (Lipinski definition) is 3. The lowest BCUT2D eigenvalue weighted by Crippen LogP contribution is -2.32. The third-order valence-electron chi connectivity index (χ3n) is 2.96. The van der Waals surface area contributed by atoms with Crippen LogP contribution in [0.1, 0.15) is 19.3 Å². The van der Waals surface area contributed by atoms with Crippen molar-refractivity contribution in [3.63, 3.8) is 0 Å². The molecule has 1 aromatic carbocycles. The molecule has 0 radical (unpaired) electrons. The van der Waals surface area contributed by atoms with Crippen LogP contribution in [-0.2, 0) is 0 Å². The summed E-state index contributed by atoms with van der Waals surface area (Å²) in [5.41, 5.74) is -0.129. The molecule has 0 amide bonds. The van der Waals surface area contributed by atoms with Crippen LogP contribution in [0.2, 0.25) is 0 Å². The van der Waals surface area contributed by atoms with E-state index >= 15 is 0 Å². The fourth-order valence-corrected chi connectivity index (χ4v) is 1.68. The van der Waals surface area contributed by atoms with Crippen LogP contribution in [0.5, 0.6) is 5.75 Å². The van der Waals surface area contributed by atoms with Crippen LogP contribution in [-0.4, -0.2) is 23.8 Å². The number of hydrogen-bond donors (Lipinski definition) is 2. The van der Waals surface area contributed by atoms with E-state index in [4.69, 9.17) is 14.8 Å². The topological polar surface area (TPSA) is 49.7 Å². The summed E-state index contributed by atoms with van der Waals surface area (Å²) >= 11 is 0. The monoisotopic (exact) mass is 224 g/mol. The zero-order valence-corrected chi connectivity index (χ0v) is 8.90. The summed E-state index contributed by atoms with van der Waals surface area (Å²) in [6.07, 6.45) is 3.60. The van der Waals surface area contributed by atoms with E-state index in [0.29, 0.717) is 18.3 Å². The highest BCUT2D eigenvalue weighted by molar-refractivity contribution is 6.58. The second kappa shape index (κ2) is 4.85. The van der Waals surface area contributed by atoms with Crippen LogP contribution in [0, 0.1) is 11.7 Å². The SMILES string of the molecule is OB(O)c1ccc(OCC2CCC2)cc1F. The Labute approximate surface area is 94.0 Å². The van der Waals surface area contributed by atoms with Gasteiger partial charge in [0.15, 0.2) is 0 Å². The summed E-state index contributed by atoms with van der Waals surface area (Å²) in [7, 11) is -1.78. The first kappa shape index (κ1) is 11.4. The lowest BCUT2D eigenvalue weighted by Gasteiger charge is -2.25. The summed E-state index contributed by atoms with van der Waals surface area (Å²) in [6, 6.07) is 4.07. The molecule has 0 heterocycles. The molecule has 5 heteroatoms. The van der Waals surface area contributed by atoms with E-state index in [0.717, 1.165) is 0 Å². The fraction of sp³-hybridized carbons (Fsp3) is 0.455. The van der Waals surface area contributed by atoms with Crippen molar-refractivity contribution in [1.29, 1.82) is 0 Å². The van der Waals surface area contributed by atoms with Crippen molar-refractivity contribution < 1.29 is 19.2 Å². The minimum atomic E-state index is -1.78. The predicted molar refractivity (Wildman–Crippen MR) is 59.1 cm³/mol. The van der Waals surface area contributed by atoms with E-state index < -0.39 is 12.9 Å². The Morgan fingerprint density at radius 2 is 2.12 bits per heavy atom. The molecule has 0 saturated heterocycles. The molecule has 0 spiro atoms. The lowest BCUT2D eigenvalue weighted by molar-refractivity contribution is 0.180. The van der Waals surface area contributed by atoms with Crippen LogP contribution >= 0.6 is 0 Å². The summed E-state index contributed by atoms with van der Waals surface area (Å²) in [5.74, 6) is 0.376. The van der Waals surface area contributed by atoms with Crippen molar-refractivity contribution in [3.05, 3.63) is 24.0 Å². The highest BCUT2D eigenvalue weighted by Gasteiger charge is 2.19. The number of rotatable bonds is 4. The normalized spacial score (nSPS) is 15.7. The summed E-state index contributed by atoms with van der Waals surface area (Å²) in [4.78, 5) is 0. The van der Waals surface area contributed by atoms with Crippen LogP contribution in [0.25, 0.3) is 0 Å². The Hall–Kier alpha value is -1.07. The van der Waals surface area contributed by atoms with Gasteiger partial charge >= 0.3 is 7.12 Å².